The molecule has 1 aromatic carbocycles. The minimum Gasteiger partial charge on any atom is -0.478 e. The second kappa shape index (κ2) is 5.94. The molecule has 0 aliphatic rings. The van der Waals surface area contributed by atoms with Crippen molar-refractivity contribution in [3.63, 3.8) is 0 Å². The summed E-state index contributed by atoms with van der Waals surface area (Å²) in [7, 11) is 0. The molecule has 0 radical (unpaired) electrons. The molecule has 0 saturated carbocycles. The molecule has 0 aromatic heterocycles. The minimum atomic E-state index is -1.42. The number of benzene rings is 1. The first kappa shape index (κ1) is 14.6. The van der Waals surface area contributed by atoms with E-state index in [9.17, 15) is 19.7 Å². The number of nitro benzene ring substituents is 1. The van der Waals surface area contributed by atoms with Gasteiger partial charge in [0.2, 0.25) is 0 Å². The summed E-state index contributed by atoms with van der Waals surface area (Å²) in [6, 6.07) is 3.40. The lowest BCUT2D eigenvalue weighted by Crippen LogP contribution is -2.16. The fourth-order valence-electron chi connectivity index (χ4n) is 1.40. The zero-order chi connectivity index (χ0) is 14.6. The lowest BCUT2D eigenvalue weighted by atomic mass is 10.1. The van der Waals surface area contributed by atoms with Crippen molar-refractivity contribution in [1.82, 2.24) is 0 Å². The number of aromatic carboxylic acids is 1. The van der Waals surface area contributed by atoms with Crippen molar-refractivity contribution in [1.29, 1.82) is 0 Å². The third-order valence-electron chi connectivity index (χ3n) is 2.22. The molecule has 0 aliphatic carbocycles. The largest absolute Gasteiger partial charge is 0.478 e. The van der Waals surface area contributed by atoms with Crippen molar-refractivity contribution in [3.05, 3.63) is 39.4 Å². The van der Waals surface area contributed by atoms with Gasteiger partial charge in [-0.2, -0.15) is 0 Å². The Labute approximate surface area is 109 Å². The highest BCUT2D eigenvalue weighted by molar-refractivity contribution is 6.05. The van der Waals surface area contributed by atoms with Crippen molar-refractivity contribution < 1.29 is 24.4 Å². The van der Waals surface area contributed by atoms with Gasteiger partial charge in [0, 0.05) is 6.07 Å². The van der Waals surface area contributed by atoms with Gasteiger partial charge in [-0.1, -0.05) is 19.9 Å². The number of carboxylic acids is 1. The molecule has 0 unspecified atom stereocenters. The Morgan fingerprint density at radius 2 is 2.05 bits per heavy atom. The van der Waals surface area contributed by atoms with E-state index in [2.05, 4.69) is 0 Å². The van der Waals surface area contributed by atoms with Crippen molar-refractivity contribution in [2.24, 2.45) is 5.92 Å². The van der Waals surface area contributed by atoms with Gasteiger partial charge in [0.05, 0.1) is 17.1 Å². The van der Waals surface area contributed by atoms with Crippen molar-refractivity contribution in [2.45, 2.75) is 13.8 Å². The normalized spacial score (nSPS) is 10.3. The second-order valence-electron chi connectivity index (χ2n) is 4.25. The molecule has 1 aromatic rings. The summed E-state index contributed by atoms with van der Waals surface area (Å²) in [5, 5.41) is 19.8. The Bertz CT molecular complexity index is 491. The zero-order valence-electron chi connectivity index (χ0n) is 10.5. The number of nitrogens with zero attached hydrogens (tertiary/aromatic N) is 1. The van der Waals surface area contributed by atoms with E-state index in [4.69, 9.17) is 9.84 Å². The van der Waals surface area contributed by atoms with Crippen molar-refractivity contribution in [2.75, 3.05) is 6.61 Å². The first-order valence-electron chi connectivity index (χ1n) is 5.52. The van der Waals surface area contributed by atoms with Crippen LogP contribution in [0.15, 0.2) is 18.2 Å². The maximum Gasteiger partial charge on any atom is 0.346 e. The molecule has 0 amide bonds. The Kier molecular flexibility index (Phi) is 4.57. The fourth-order valence-corrected chi connectivity index (χ4v) is 1.40. The molecule has 1 rings (SSSR count). The predicted molar refractivity (Wildman–Crippen MR) is 65.2 cm³/mol. The van der Waals surface area contributed by atoms with Gasteiger partial charge in [-0.05, 0) is 12.0 Å². The lowest BCUT2D eigenvalue weighted by Gasteiger charge is -2.09. The van der Waals surface area contributed by atoms with Gasteiger partial charge in [0.25, 0.3) is 5.69 Å². The summed E-state index contributed by atoms with van der Waals surface area (Å²) >= 11 is 0. The maximum atomic E-state index is 11.8. The van der Waals surface area contributed by atoms with E-state index >= 15 is 0 Å². The van der Waals surface area contributed by atoms with Gasteiger partial charge >= 0.3 is 11.9 Å². The van der Waals surface area contributed by atoms with Crippen LogP contribution >= 0.6 is 0 Å². The van der Waals surface area contributed by atoms with Gasteiger partial charge in [0.1, 0.15) is 0 Å². The molecular formula is C12H13NO6. The average Bonchev–Trinajstić information content (AvgIpc) is 2.34. The number of hydrogen-bond acceptors (Lipinski definition) is 5. The monoisotopic (exact) mass is 267 g/mol. The topological polar surface area (TPSA) is 107 Å². The lowest BCUT2D eigenvalue weighted by molar-refractivity contribution is -0.385. The Morgan fingerprint density at radius 1 is 1.42 bits per heavy atom. The van der Waals surface area contributed by atoms with Crippen LogP contribution in [0.4, 0.5) is 5.69 Å². The van der Waals surface area contributed by atoms with Gasteiger partial charge in [-0.3, -0.25) is 10.1 Å². The van der Waals surface area contributed by atoms with E-state index in [0.29, 0.717) is 0 Å². The summed E-state index contributed by atoms with van der Waals surface area (Å²) in [4.78, 5) is 32.9. The molecule has 1 N–H and O–H groups in total. The summed E-state index contributed by atoms with van der Waals surface area (Å²) in [5.74, 6) is -2.38. The SMILES string of the molecule is CC(C)COC(=O)c1c(C(=O)O)cccc1[N+](=O)[O-]. The molecule has 0 aliphatic heterocycles. The molecule has 19 heavy (non-hydrogen) atoms. The highest BCUT2D eigenvalue weighted by Gasteiger charge is 2.28. The number of ether oxygens (including phenoxy) is 1. The maximum absolute atomic E-state index is 11.8. The van der Waals surface area contributed by atoms with Crippen LogP contribution in [-0.2, 0) is 4.74 Å². The third-order valence-corrected chi connectivity index (χ3v) is 2.22. The van der Waals surface area contributed by atoms with Crippen LogP contribution in [-0.4, -0.2) is 28.6 Å². The fraction of sp³-hybridized carbons (Fsp3) is 0.333. The summed E-state index contributed by atoms with van der Waals surface area (Å²) < 4.78 is 4.86. The van der Waals surface area contributed by atoms with Crippen LogP contribution in [0.1, 0.15) is 34.6 Å². The predicted octanol–water partition coefficient (Wildman–Crippen LogP) is 2.11. The van der Waals surface area contributed by atoms with Gasteiger partial charge in [-0.25, -0.2) is 9.59 Å². The smallest absolute Gasteiger partial charge is 0.346 e. The first-order chi connectivity index (χ1) is 8.84. The van der Waals surface area contributed by atoms with Crippen LogP contribution in [0.5, 0.6) is 0 Å². The van der Waals surface area contributed by atoms with E-state index in [1.807, 2.05) is 0 Å². The standard InChI is InChI=1S/C12H13NO6/c1-7(2)6-19-12(16)10-8(11(14)15)4-3-5-9(10)13(17)18/h3-5,7H,6H2,1-2H3,(H,14,15). The molecule has 0 atom stereocenters. The van der Waals surface area contributed by atoms with Crippen LogP contribution in [0.25, 0.3) is 0 Å². The van der Waals surface area contributed by atoms with Crippen molar-refractivity contribution >= 4 is 17.6 Å². The van der Waals surface area contributed by atoms with E-state index in [-0.39, 0.29) is 12.5 Å². The Hall–Kier alpha value is -2.44. The third kappa shape index (κ3) is 3.51. The first-order valence-corrected chi connectivity index (χ1v) is 5.52. The molecule has 0 bridgehead atoms. The molecule has 7 nitrogen and oxygen atoms in total. The van der Waals surface area contributed by atoms with Crippen LogP contribution in [0, 0.1) is 16.0 Å². The quantitative estimate of drug-likeness (QED) is 0.497. The minimum absolute atomic E-state index is 0.0417. The molecular weight excluding hydrogens is 254 g/mol. The summed E-state index contributed by atoms with van der Waals surface area (Å²) in [6.07, 6.45) is 0. The number of carboxylic acid groups (broad SMARTS) is 1. The van der Waals surface area contributed by atoms with E-state index in [1.54, 1.807) is 13.8 Å². The number of rotatable bonds is 5. The summed E-state index contributed by atoms with van der Waals surface area (Å²) in [6.45, 7) is 3.65. The second-order valence-corrected chi connectivity index (χ2v) is 4.25. The van der Waals surface area contributed by atoms with Crippen LogP contribution < -0.4 is 0 Å². The Balaban J connectivity index is 3.25. The van der Waals surface area contributed by atoms with Gasteiger partial charge in [-0.15, -0.1) is 0 Å². The molecule has 0 fully saturated rings. The van der Waals surface area contributed by atoms with E-state index in [0.717, 1.165) is 12.1 Å². The highest BCUT2D eigenvalue weighted by atomic mass is 16.6. The molecule has 7 heteroatoms. The van der Waals surface area contributed by atoms with E-state index in [1.165, 1.54) is 6.07 Å². The van der Waals surface area contributed by atoms with Gasteiger partial charge in [0.15, 0.2) is 5.56 Å². The number of carbonyl (C=O) groups excluding carboxylic acids is 1. The number of carbonyl (C=O) groups is 2. The van der Waals surface area contributed by atoms with E-state index < -0.39 is 33.7 Å². The van der Waals surface area contributed by atoms with Crippen molar-refractivity contribution in [3.8, 4) is 0 Å². The highest BCUT2D eigenvalue weighted by Crippen LogP contribution is 2.23. The number of esters is 1. The average molecular weight is 267 g/mol. The Morgan fingerprint density at radius 3 is 2.53 bits per heavy atom. The number of hydrogen-bond donors (Lipinski definition) is 1. The molecule has 0 spiro atoms. The number of nitro groups is 1. The zero-order valence-corrected chi connectivity index (χ0v) is 10.5. The molecule has 0 heterocycles. The molecule has 102 valence electrons. The van der Waals surface area contributed by atoms with Crippen LogP contribution in [0.2, 0.25) is 0 Å². The molecule has 0 saturated heterocycles. The van der Waals surface area contributed by atoms with Crippen LogP contribution in [0.3, 0.4) is 0 Å². The van der Waals surface area contributed by atoms with Gasteiger partial charge < -0.3 is 9.84 Å². The summed E-state index contributed by atoms with van der Waals surface area (Å²) in [5.41, 5.74) is -1.54.